The van der Waals surface area contributed by atoms with E-state index in [1.165, 1.54) is 6.07 Å². The van der Waals surface area contributed by atoms with Crippen LogP contribution in [0, 0.1) is 10.1 Å². The molecule has 2 aliphatic rings. The molecular formula is C20H18N2O7. The minimum absolute atomic E-state index is 0.0658. The third kappa shape index (κ3) is 4.13. The number of nitro groups is 1. The Morgan fingerprint density at radius 1 is 1.10 bits per heavy atom. The van der Waals surface area contributed by atoms with Crippen molar-refractivity contribution in [1.82, 2.24) is 5.32 Å². The van der Waals surface area contributed by atoms with E-state index in [9.17, 15) is 19.7 Å². The fourth-order valence-electron chi connectivity index (χ4n) is 2.97. The highest BCUT2D eigenvalue weighted by molar-refractivity contribution is 5.97. The SMILES string of the molecule is O=C(O[C@@H](C(=O)NC1CC1)c1ccccc1)c1cc2c(cc1[N+](=O)[O-])OCCO2. The standard InChI is InChI=1S/C20H18N2O7/c23-19(21-13-6-7-13)18(12-4-2-1-3-5-12)29-20(24)14-10-16-17(28-9-8-27-16)11-15(14)22(25)26/h1-5,10-11,13,18H,6-9H2,(H,21,23)/t18-/m1/s1. The maximum Gasteiger partial charge on any atom is 0.346 e. The highest BCUT2D eigenvalue weighted by atomic mass is 16.6. The minimum Gasteiger partial charge on any atom is -0.486 e. The van der Waals surface area contributed by atoms with Gasteiger partial charge in [0.05, 0.1) is 11.0 Å². The second-order valence-electron chi connectivity index (χ2n) is 6.75. The van der Waals surface area contributed by atoms with E-state index in [-0.39, 0.29) is 36.3 Å². The molecule has 1 saturated carbocycles. The van der Waals surface area contributed by atoms with Crippen LogP contribution < -0.4 is 14.8 Å². The molecule has 1 aliphatic carbocycles. The zero-order chi connectivity index (χ0) is 20.4. The zero-order valence-corrected chi connectivity index (χ0v) is 15.3. The molecule has 1 heterocycles. The van der Waals surface area contributed by atoms with E-state index in [1.807, 2.05) is 0 Å². The highest BCUT2D eigenvalue weighted by Gasteiger charge is 2.34. The molecule has 1 fully saturated rings. The molecule has 1 amide bonds. The third-order valence-electron chi connectivity index (χ3n) is 4.57. The second-order valence-corrected chi connectivity index (χ2v) is 6.75. The number of hydrogen-bond acceptors (Lipinski definition) is 7. The van der Waals surface area contributed by atoms with Crippen LogP contribution in [0.2, 0.25) is 0 Å². The molecule has 0 saturated heterocycles. The monoisotopic (exact) mass is 398 g/mol. The summed E-state index contributed by atoms with van der Waals surface area (Å²) >= 11 is 0. The zero-order valence-electron chi connectivity index (χ0n) is 15.3. The van der Waals surface area contributed by atoms with Crippen molar-refractivity contribution < 1.29 is 28.7 Å². The van der Waals surface area contributed by atoms with Crippen LogP contribution in [0.25, 0.3) is 0 Å². The Labute approximate surface area is 165 Å². The van der Waals surface area contributed by atoms with Crippen LogP contribution in [0.5, 0.6) is 11.5 Å². The molecule has 9 heteroatoms. The quantitative estimate of drug-likeness (QED) is 0.451. The average molecular weight is 398 g/mol. The number of carbonyl (C=O) groups excluding carboxylic acids is 2. The first-order valence-electron chi connectivity index (χ1n) is 9.17. The summed E-state index contributed by atoms with van der Waals surface area (Å²) in [5.74, 6) is -1.06. The number of hydrogen-bond donors (Lipinski definition) is 1. The first-order valence-corrected chi connectivity index (χ1v) is 9.17. The molecule has 1 aliphatic heterocycles. The van der Waals surface area contributed by atoms with Gasteiger partial charge in [-0.3, -0.25) is 14.9 Å². The van der Waals surface area contributed by atoms with Gasteiger partial charge < -0.3 is 19.5 Å². The van der Waals surface area contributed by atoms with Crippen LogP contribution in [0.3, 0.4) is 0 Å². The van der Waals surface area contributed by atoms with Crippen LogP contribution in [0.15, 0.2) is 42.5 Å². The summed E-state index contributed by atoms with van der Waals surface area (Å²) in [7, 11) is 0. The number of ether oxygens (including phenoxy) is 3. The Bertz CT molecular complexity index is 957. The van der Waals surface area contributed by atoms with E-state index in [1.54, 1.807) is 30.3 Å². The number of esters is 1. The Kier molecular flexibility index (Phi) is 5.03. The normalized spacial score (nSPS) is 15.9. The summed E-state index contributed by atoms with van der Waals surface area (Å²) in [6.45, 7) is 0.515. The van der Waals surface area contributed by atoms with E-state index in [0.717, 1.165) is 18.9 Å². The number of fused-ring (bicyclic) bond motifs is 1. The van der Waals surface area contributed by atoms with Gasteiger partial charge in [-0.25, -0.2) is 4.79 Å². The van der Waals surface area contributed by atoms with Crippen molar-refractivity contribution in [2.75, 3.05) is 13.2 Å². The van der Waals surface area contributed by atoms with E-state index in [0.29, 0.717) is 5.56 Å². The minimum atomic E-state index is -1.22. The van der Waals surface area contributed by atoms with Gasteiger partial charge in [-0.2, -0.15) is 0 Å². The van der Waals surface area contributed by atoms with Gasteiger partial charge in [0, 0.05) is 17.7 Å². The fourth-order valence-corrected chi connectivity index (χ4v) is 2.97. The lowest BCUT2D eigenvalue weighted by Gasteiger charge is -2.20. The molecule has 4 rings (SSSR count). The molecule has 29 heavy (non-hydrogen) atoms. The first kappa shape index (κ1) is 18.7. The molecule has 1 atom stereocenters. The first-order chi connectivity index (χ1) is 14.0. The van der Waals surface area contributed by atoms with Crippen LogP contribution in [0.4, 0.5) is 5.69 Å². The maximum atomic E-state index is 12.8. The van der Waals surface area contributed by atoms with E-state index < -0.39 is 28.6 Å². The number of nitrogens with zero attached hydrogens (tertiary/aromatic N) is 1. The van der Waals surface area contributed by atoms with Crippen LogP contribution in [-0.2, 0) is 9.53 Å². The van der Waals surface area contributed by atoms with Crippen molar-refractivity contribution >= 4 is 17.6 Å². The predicted octanol–water partition coefficient (Wildman–Crippen LogP) is 2.54. The Balaban J connectivity index is 1.65. The topological polar surface area (TPSA) is 117 Å². The van der Waals surface area contributed by atoms with Crippen LogP contribution in [-0.4, -0.2) is 36.1 Å². The molecule has 0 spiro atoms. The summed E-state index contributed by atoms with van der Waals surface area (Å²) in [5.41, 5.74) is -0.313. The molecule has 9 nitrogen and oxygen atoms in total. The van der Waals surface area contributed by atoms with Crippen molar-refractivity contribution in [2.45, 2.75) is 25.0 Å². The average Bonchev–Trinajstić information content (AvgIpc) is 3.55. The van der Waals surface area contributed by atoms with Crippen molar-refractivity contribution in [3.8, 4) is 11.5 Å². The van der Waals surface area contributed by atoms with Crippen LogP contribution in [0.1, 0.15) is 34.9 Å². The van der Waals surface area contributed by atoms with Crippen molar-refractivity contribution in [1.29, 1.82) is 0 Å². The lowest BCUT2D eigenvalue weighted by atomic mass is 10.1. The molecule has 0 radical (unpaired) electrons. The lowest BCUT2D eigenvalue weighted by molar-refractivity contribution is -0.385. The van der Waals surface area contributed by atoms with Crippen molar-refractivity contribution in [2.24, 2.45) is 0 Å². The fraction of sp³-hybridized carbons (Fsp3) is 0.300. The Hall–Kier alpha value is -3.62. The number of nitro benzene ring substituents is 1. The Morgan fingerprint density at radius 3 is 2.38 bits per heavy atom. The number of amides is 1. The summed E-state index contributed by atoms with van der Waals surface area (Å²) < 4.78 is 16.2. The van der Waals surface area contributed by atoms with Gasteiger partial charge >= 0.3 is 5.97 Å². The van der Waals surface area contributed by atoms with Crippen LogP contribution >= 0.6 is 0 Å². The second kappa shape index (κ2) is 7.78. The van der Waals surface area contributed by atoms with E-state index >= 15 is 0 Å². The molecular weight excluding hydrogens is 380 g/mol. The number of carbonyl (C=O) groups is 2. The van der Waals surface area contributed by atoms with Gasteiger partial charge in [-0.1, -0.05) is 30.3 Å². The van der Waals surface area contributed by atoms with Gasteiger partial charge in [0.25, 0.3) is 11.6 Å². The summed E-state index contributed by atoms with van der Waals surface area (Å²) in [5, 5.41) is 14.3. The predicted molar refractivity (Wildman–Crippen MR) is 99.8 cm³/mol. The molecule has 2 aromatic carbocycles. The molecule has 150 valence electrons. The molecule has 0 bridgehead atoms. The summed E-state index contributed by atoms with van der Waals surface area (Å²) in [6, 6.07) is 10.9. The molecule has 0 aromatic heterocycles. The number of rotatable bonds is 6. The van der Waals surface area contributed by atoms with Gasteiger partial charge in [0.2, 0.25) is 6.10 Å². The van der Waals surface area contributed by atoms with E-state index in [2.05, 4.69) is 5.32 Å². The largest absolute Gasteiger partial charge is 0.486 e. The number of benzene rings is 2. The van der Waals surface area contributed by atoms with Crippen molar-refractivity contribution in [3.63, 3.8) is 0 Å². The molecule has 2 aromatic rings. The maximum absolute atomic E-state index is 12.8. The highest BCUT2D eigenvalue weighted by Crippen LogP contribution is 2.37. The van der Waals surface area contributed by atoms with Crippen molar-refractivity contribution in [3.05, 3.63) is 63.7 Å². The van der Waals surface area contributed by atoms with E-state index in [4.69, 9.17) is 14.2 Å². The summed E-state index contributed by atoms with van der Waals surface area (Å²) in [4.78, 5) is 36.3. The van der Waals surface area contributed by atoms with Gasteiger partial charge in [-0.15, -0.1) is 0 Å². The Morgan fingerprint density at radius 2 is 1.76 bits per heavy atom. The molecule has 0 unspecified atom stereocenters. The summed E-state index contributed by atoms with van der Waals surface area (Å²) in [6.07, 6.45) is 0.515. The van der Waals surface area contributed by atoms with Gasteiger partial charge in [0.15, 0.2) is 11.5 Å². The lowest BCUT2D eigenvalue weighted by Crippen LogP contribution is -2.33. The molecule has 1 N–H and O–H groups in total. The smallest absolute Gasteiger partial charge is 0.346 e. The van der Waals surface area contributed by atoms with Gasteiger partial charge in [0.1, 0.15) is 18.8 Å². The third-order valence-corrected chi connectivity index (χ3v) is 4.57. The number of nitrogens with one attached hydrogen (secondary N) is 1. The van der Waals surface area contributed by atoms with Gasteiger partial charge in [-0.05, 0) is 12.8 Å².